The number of likely N-dealkylation sites (tertiary alicyclic amines) is 1. The zero-order valence-corrected chi connectivity index (χ0v) is 12.0. The number of amides is 1. The van der Waals surface area contributed by atoms with Crippen LogP contribution in [-0.4, -0.2) is 35.0 Å². The molecule has 0 radical (unpaired) electrons. The van der Waals surface area contributed by atoms with Crippen LogP contribution in [0.4, 0.5) is 0 Å². The van der Waals surface area contributed by atoms with Gasteiger partial charge in [-0.25, -0.2) is 0 Å². The van der Waals surface area contributed by atoms with Crippen molar-refractivity contribution in [3.8, 4) is 0 Å². The van der Waals surface area contributed by atoms with E-state index in [1.54, 1.807) is 11.0 Å². The molecule has 5 nitrogen and oxygen atoms in total. The fourth-order valence-corrected chi connectivity index (χ4v) is 2.80. The molecule has 2 aliphatic rings. The molecule has 1 amide bonds. The Kier molecular flexibility index (Phi) is 3.57. The van der Waals surface area contributed by atoms with E-state index in [2.05, 4.69) is 6.92 Å². The van der Waals surface area contributed by atoms with E-state index in [1.165, 1.54) is 12.5 Å². The van der Waals surface area contributed by atoms with Crippen molar-refractivity contribution >= 4 is 18.0 Å². The highest BCUT2D eigenvalue weighted by atomic mass is 16.4. The van der Waals surface area contributed by atoms with Gasteiger partial charge in [-0.1, -0.05) is 6.92 Å². The highest BCUT2D eigenvalue weighted by Gasteiger charge is 2.36. The Balaban J connectivity index is 1.57. The van der Waals surface area contributed by atoms with E-state index < -0.39 is 11.9 Å². The lowest BCUT2D eigenvalue weighted by Crippen LogP contribution is -2.28. The van der Waals surface area contributed by atoms with Crippen LogP contribution in [0.2, 0.25) is 0 Å². The van der Waals surface area contributed by atoms with Crippen LogP contribution >= 0.6 is 0 Å². The van der Waals surface area contributed by atoms with Crippen LogP contribution in [0.25, 0.3) is 6.08 Å². The summed E-state index contributed by atoms with van der Waals surface area (Å²) in [6.07, 6.45) is 4.81. The standard InChI is InChI=1S/C16H19NO4/c1-10-8-13(10)14-4-2-12(21-14)3-5-15(18)17-7-6-11(9-17)16(19)20/h2-5,10-11,13H,6-9H2,1H3,(H,19,20)/b5-3-/t10-,11+,13+/m1/s1. The first-order valence-electron chi connectivity index (χ1n) is 7.34. The number of rotatable bonds is 4. The van der Waals surface area contributed by atoms with Crippen molar-refractivity contribution in [2.75, 3.05) is 13.1 Å². The van der Waals surface area contributed by atoms with Gasteiger partial charge >= 0.3 is 5.97 Å². The van der Waals surface area contributed by atoms with Crippen molar-refractivity contribution in [2.24, 2.45) is 11.8 Å². The first-order chi connectivity index (χ1) is 10.0. The Morgan fingerprint density at radius 1 is 1.43 bits per heavy atom. The number of furan rings is 1. The zero-order chi connectivity index (χ0) is 15.0. The van der Waals surface area contributed by atoms with Gasteiger partial charge in [0.05, 0.1) is 5.92 Å². The summed E-state index contributed by atoms with van der Waals surface area (Å²) in [6.45, 7) is 2.99. The van der Waals surface area contributed by atoms with Crippen LogP contribution in [0.5, 0.6) is 0 Å². The summed E-state index contributed by atoms with van der Waals surface area (Å²) in [5, 5.41) is 8.93. The average Bonchev–Trinajstić information content (AvgIpc) is 2.90. The Morgan fingerprint density at radius 2 is 2.19 bits per heavy atom. The van der Waals surface area contributed by atoms with E-state index in [4.69, 9.17) is 9.52 Å². The number of carbonyl (C=O) groups excluding carboxylic acids is 1. The predicted octanol–water partition coefficient (Wildman–Crippen LogP) is 2.35. The van der Waals surface area contributed by atoms with E-state index in [1.807, 2.05) is 12.1 Å². The lowest BCUT2D eigenvalue weighted by atomic mass is 10.1. The van der Waals surface area contributed by atoms with Gasteiger partial charge in [0.1, 0.15) is 11.5 Å². The van der Waals surface area contributed by atoms with Gasteiger partial charge in [0.15, 0.2) is 0 Å². The third kappa shape index (κ3) is 3.01. The van der Waals surface area contributed by atoms with E-state index >= 15 is 0 Å². The van der Waals surface area contributed by atoms with Crippen molar-refractivity contribution in [3.05, 3.63) is 29.7 Å². The number of hydrogen-bond donors (Lipinski definition) is 1. The normalized spacial score (nSPS) is 28.2. The summed E-state index contributed by atoms with van der Waals surface area (Å²) in [7, 11) is 0. The lowest BCUT2D eigenvalue weighted by Gasteiger charge is -2.12. The monoisotopic (exact) mass is 289 g/mol. The third-order valence-electron chi connectivity index (χ3n) is 4.36. The third-order valence-corrected chi connectivity index (χ3v) is 4.36. The highest BCUT2D eigenvalue weighted by Crippen LogP contribution is 2.47. The Morgan fingerprint density at radius 3 is 2.81 bits per heavy atom. The maximum atomic E-state index is 12.0. The molecule has 1 aromatic heterocycles. The fraction of sp³-hybridized carbons (Fsp3) is 0.500. The summed E-state index contributed by atoms with van der Waals surface area (Å²) < 4.78 is 5.70. The summed E-state index contributed by atoms with van der Waals surface area (Å²) in [6, 6.07) is 3.84. The quantitative estimate of drug-likeness (QED) is 0.864. The van der Waals surface area contributed by atoms with Gasteiger partial charge in [-0.2, -0.15) is 0 Å². The molecule has 1 saturated carbocycles. The number of carboxylic acid groups (broad SMARTS) is 1. The number of carboxylic acids is 1. The van der Waals surface area contributed by atoms with Gasteiger partial charge in [0.2, 0.25) is 5.91 Å². The largest absolute Gasteiger partial charge is 0.481 e. The first kappa shape index (κ1) is 13.9. The second kappa shape index (κ2) is 5.39. The molecule has 3 rings (SSSR count). The highest BCUT2D eigenvalue weighted by molar-refractivity contribution is 5.92. The van der Waals surface area contributed by atoms with Gasteiger partial charge in [-0.15, -0.1) is 0 Å². The molecule has 1 saturated heterocycles. The molecule has 5 heteroatoms. The molecule has 1 N–H and O–H groups in total. The fourth-order valence-electron chi connectivity index (χ4n) is 2.80. The number of nitrogens with zero attached hydrogens (tertiary/aromatic N) is 1. The van der Waals surface area contributed by atoms with Crippen molar-refractivity contribution in [1.82, 2.24) is 4.90 Å². The van der Waals surface area contributed by atoms with Gasteiger partial charge < -0.3 is 14.4 Å². The minimum Gasteiger partial charge on any atom is -0.481 e. The maximum absolute atomic E-state index is 12.0. The molecule has 0 unspecified atom stereocenters. The van der Waals surface area contributed by atoms with Crippen LogP contribution in [0.15, 0.2) is 22.6 Å². The molecule has 1 aliphatic heterocycles. The molecule has 1 aliphatic carbocycles. The molecule has 3 atom stereocenters. The summed E-state index contributed by atoms with van der Waals surface area (Å²) in [4.78, 5) is 24.4. The average molecular weight is 289 g/mol. The van der Waals surface area contributed by atoms with Crippen LogP contribution in [0, 0.1) is 11.8 Å². The maximum Gasteiger partial charge on any atom is 0.308 e. The number of aliphatic carboxylic acids is 1. The molecule has 1 aromatic rings. The van der Waals surface area contributed by atoms with E-state index in [-0.39, 0.29) is 5.91 Å². The molecule has 21 heavy (non-hydrogen) atoms. The van der Waals surface area contributed by atoms with Crippen LogP contribution in [-0.2, 0) is 9.59 Å². The summed E-state index contributed by atoms with van der Waals surface area (Å²) in [5.41, 5.74) is 0. The van der Waals surface area contributed by atoms with Crippen LogP contribution in [0.1, 0.15) is 37.2 Å². The molecule has 2 heterocycles. The second-order valence-electron chi connectivity index (χ2n) is 6.00. The summed E-state index contributed by atoms with van der Waals surface area (Å²) in [5.74, 6) is 1.45. The van der Waals surface area contributed by atoms with Crippen molar-refractivity contribution in [3.63, 3.8) is 0 Å². The minimum atomic E-state index is -0.830. The minimum absolute atomic E-state index is 0.156. The molecular formula is C16H19NO4. The molecule has 0 aromatic carbocycles. The van der Waals surface area contributed by atoms with Crippen molar-refractivity contribution in [2.45, 2.75) is 25.7 Å². The zero-order valence-electron chi connectivity index (χ0n) is 12.0. The van der Waals surface area contributed by atoms with Crippen LogP contribution < -0.4 is 0 Å². The van der Waals surface area contributed by atoms with E-state index in [0.29, 0.717) is 37.1 Å². The Hall–Kier alpha value is -2.04. The topological polar surface area (TPSA) is 70.8 Å². The van der Waals surface area contributed by atoms with Gasteiger partial charge in [-0.3, -0.25) is 9.59 Å². The lowest BCUT2D eigenvalue weighted by molar-refractivity contribution is -0.141. The summed E-state index contributed by atoms with van der Waals surface area (Å²) >= 11 is 0. The van der Waals surface area contributed by atoms with E-state index in [9.17, 15) is 9.59 Å². The smallest absolute Gasteiger partial charge is 0.308 e. The molecule has 0 spiro atoms. The number of carbonyl (C=O) groups is 2. The van der Waals surface area contributed by atoms with Gasteiger partial charge in [0.25, 0.3) is 0 Å². The molecule has 112 valence electrons. The molecule has 2 fully saturated rings. The Bertz CT molecular complexity index is 589. The Labute approximate surface area is 123 Å². The van der Waals surface area contributed by atoms with Crippen molar-refractivity contribution < 1.29 is 19.1 Å². The second-order valence-corrected chi connectivity index (χ2v) is 6.00. The first-order valence-corrected chi connectivity index (χ1v) is 7.34. The van der Waals surface area contributed by atoms with Gasteiger partial charge in [0, 0.05) is 25.1 Å². The van der Waals surface area contributed by atoms with E-state index in [0.717, 1.165) is 5.76 Å². The predicted molar refractivity (Wildman–Crippen MR) is 76.6 cm³/mol. The van der Waals surface area contributed by atoms with Crippen LogP contribution in [0.3, 0.4) is 0 Å². The SMILES string of the molecule is C[C@@H]1C[C@@H]1c1ccc(/C=C\C(=O)N2CC[C@H](C(=O)O)C2)o1. The van der Waals surface area contributed by atoms with Gasteiger partial charge in [-0.05, 0) is 37.0 Å². The molecular weight excluding hydrogens is 270 g/mol. The molecule has 0 bridgehead atoms. The van der Waals surface area contributed by atoms with Crippen molar-refractivity contribution in [1.29, 1.82) is 0 Å². The number of hydrogen-bond acceptors (Lipinski definition) is 3.